The van der Waals surface area contributed by atoms with Gasteiger partial charge in [0.05, 0.1) is 13.2 Å². The number of benzene rings is 1. The van der Waals surface area contributed by atoms with Crippen LogP contribution in [-0.2, 0) is 10.2 Å². The van der Waals surface area contributed by atoms with Gasteiger partial charge in [0.15, 0.2) is 0 Å². The summed E-state index contributed by atoms with van der Waals surface area (Å²) in [6.07, 6.45) is 3.03. The van der Waals surface area contributed by atoms with Crippen molar-refractivity contribution in [3.05, 3.63) is 48.6 Å². The summed E-state index contributed by atoms with van der Waals surface area (Å²) >= 11 is 0. The van der Waals surface area contributed by atoms with Crippen molar-refractivity contribution in [1.82, 2.24) is 5.32 Å². The molecule has 1 saturated heterocycles. The van der Waals surface area contributed by atoms with Crippen LogP contribution in [-0.4, -0.2) is 26.3 Å². The zero-order valence-electron chi connectivity index (χ0n) is 9.61. The van der Waals surface area contributed by atoms with E-state index in [9.17, 15) is 0 Å². The lowest BCUT2D eigenvalue weighted by molar-refractivity contribution is -0.0639. The second kappa shape index (κ2) is 5.28. The highest BCUT2D eigenvalue weighted by molar-refractivity contribution is 5.27. The van der Waals surface area contributed by atoms with Gasteiger partial charge in [0.1, 0.15) is 0 Å². The summed E-state index contributed by atoms with van der Waals surface area (Å²) in [5.41, 5.74) is 1.65. The Morgan fingerprint density at radius 1 is 1.31 bits per heavy atom. The molecule has 1 aliphatic heterocycles. The summed E-state index contributed by atoms with van der Waals surface area (Å²) in [5.74, 6) is 0. The first-order valence-corrected chi connectivity index (χ1v) is 5.82. The summed E-state index contributed by atoms with van der Waals surface area (Å²) in [6, 6.07) is 10.7. The zero-order chi connectivity index (χ0) is 11.3. The molecule has 1 N–H and O–H groups in total. The van der Waals surface area contributed by atoms with Crippen molar-refractivity contribution in [1.29, 1.82) is 0 Å². The Hall–Kier alpha value is -1.12. The average molecular weight is 217 g/mol. The van der Waals surface area contributed by atoms with Gasteiger partial charge in [-0.3, -0.25) is 0 Å². The van der Waals surface area contributed by atoms with E-state index < -0.39 is 0 Å². The molecule has 1 aliphatic rings. The normalized spacial score (nSPS) is 17.8. The van der Waals surface area contributed by atoms with Crippen molar-refractivity contribution in [3.63, 3.8) is 0 Å². The van der Waals surface area contributed by atoms with Crippen molar-refractivity contribution in [2.45, 2.75) is 11.8 Å². The molecule has 0 unspecified atom stereocenters. The predicted molar refractivity (Wildman–Crippen MR) is 66.6 cm³/mol. The van der Waals surface area contributed by atoms with Gasteiger partial charge in [-0.1, -0.05) is 36.4 Å². The summed E-state index contributed by atoms with van der Waals surface area (Å²) in [6.45, 7) is 7.31. The van der Waals surface area contributed by atoms with Crippen molar-refractivity contribution in [2.75, 3.05) is 26.3 Å². The molecule has 86 valence electrons. The van der Waals surface area contributed by atoms with Gasteiger partial charge in [-0.25, -0.2) is 0 Å². The maximum absolute atomic E-state index is 5.40. The minimum Gasteiger partial charge on any atom is -0.379 e. The molecule has 1 aromatic rings. The van der Waals surface area contributed by atoms with Gasteiger partial charge in [-0.05, 0) is 18.5 Å². The first-order valence-electron chi connectivity index (χ1n) is 5.82. The fourth-order valence-corrected chi connectivity index (χ4v) is 2.13. The van der Waals surface area contributed by atoms with Crippen LogP contribution in [0, 0.1) is 0 Å². The van der Waals surface area contributed by atoms with Crippen LogP contribution in [0.3, 0.4) is 0 Å². The summed E-state index contributed by atoms with van der Waals surface area (Å²) in [7, 11) is 0. The summed E-state index contributed by atoms with van der Waals surface area (Å²) < 4.78 is 5.40. The van der Waals surface area contributed by atoms with E-state index in [0.29, 0.717) is 0 Å². The highest BCUT2D eigenvalue weighted by atomic mass is 16.5. The lowest BCUT2D eigenvalue weighted by Crippen LogP contribution is -2.48. The van der Waals surface area contributed by atoms with Crippen LogP contribution in [0.1, 0.15) is 12.0 Å². The van der Waals surface area contributed by atoms with Crippen LogP contribution in [0.4, 0.5) is 0 Å². The lowest BCUT2D eigenvalue weighted by Gasteiger charge is -2.42. The molecule has 2 heteroatoms. The average Bonchev–Trinajstić information content (AvgIpc) is 2.28. The highest BCUT2D eigenvalue weighted by Crippen LogP contribution is 2.35. The first kappa shape index (κ1) is 11.4. The minimum absolute atomic E-state index is 0.245. The number of ether oxygens (including phenoxy) is 1. The molecule has 0 radical (unpaired) electrons. The molecule has 0 aliphatic carbocycles. The largest absolute Gasteiger partial charge is 0.379 e. The fourth-order valence-electron chi connectivity index (χ4n) is 2.13. The van der Waals surface area contributed by atoms with Crippen LogP contribution < -0.4 is 5.32 Å². The second-order valence-electron chi connectivity index (χ2n) is 4.38. The smallest absolute Gasteiger partial charge is 0.0586 e. The van der Waals surface area contributed by atoms with Crippen molar-refractivity contribution in [2.24, 2.45) is 0 Å². The molecule has 0 saturated carbocycles. The molecule has 1 aromatic carbocycles. The standard InChI is InChI=1S/C14H19NO/c1-2-9-15-10-8-14(11-16-12-14)13-6-4-3-5-7-13/h2-7,15H,1,8-12H2. The van der Waals surface area contributed by atoms with Gasteiger partial charge in [0.2, 0.25) is 0 Å². The van der Waals surface area contributed by atoms with Gasteiger partial charge < -0.3 is 10.1 Å². The van der Waals surface area contributed by atoms with Crippen LogP contribution >= 0.6 is 0 Å². The summed E-state index contributed by atoms with van der Waals surface area (Å²) in [5, 5.41) is 3.36. The fraction of sp³-hybridized carbons (Fsp3) is 0.429. The van der Waals surface area contributed by atoms with Crippen LogP contribution in [0.25, 0.3) is 0 Å². The van der Waals surface area contributed by atoms with Crippen molar-refractivity contribution >= 4 is 0 Å². The molecule has 0 bridgehead atoms. The topological polar surface area (TPSA) is 21.3 Å². The molecule has 0 amide bonds. The van der Waals surface area contributed by atoms with E-state index in [4.69, 9.17) is 4.74 Å². The SMILES string of the molecule is C=CCNCCC1(c2ccccc2)COC1. The molecule has 2 rings (SSSR count). The number of hydrogen-bond acceptors (Lipinski definition) is 2. The Labute approximate surface area is 97.3 Å². The number of hydrogen-bond donors (Lipinski definition) is 1. The Kier molecular flexibility index (Phi) is 3.75. The minimum atomic E-state index is 0.245. The van der Waals surface area contributed by atoms with Crippen LogP contribution in [0.2, 0.25) is 0 Å². The highest BCUT2D eigenvalue weighted by Gasteiger charge is 2.39. The monoisotopic (exact) mass is 217 g/mol. The van der Waals surface area contributed by atoms with E-state index in [2.05, 4.69) is 42.2 Å². The Morgan fingerprint density at radius 2 is 2.06 bits per heavy atom. The molecular weight excluding hydrogens is 198 g/mol. The first-order chi connectivity index (χ1) is 7.87. The second-order valence-corrected chi connectivity index (χ2v) is 4.38. The molecule has 16 heavy (non-hydrogen) atoms. The van der Waals surface area contributed by atoms with Crippen LogP contribution in [0.15, 0.2) is 43.0 Å². The third kappa shape index (κ3) is 2.34. The van der Waals surface area contributed by atoms with E-state index in [1.54, 1.807) is 0 Å². The Morgan fingerprint density at radius 3 is 2.62 bits per heavy atom. The molecule has 0 spiro atoms. The van der Waals surface area contributed by atoms with E-state index in [1.165, 1.54) is 5.56 Å². The lowest BCUT2D eigenvalue weighted by atomic mass is 9.76. The molecule has 1 fully saturated rings. The molecule has 0 aromatic heterocycles. The summed E-state index contributed by atoms with van der Waals surface area (Å²) in [4.78, 5) is 0. The Balaban J connectivity index is 1.95. The van der Waals surface area contributed by atoms with Gasteiger partial charge in [-0.15, -0.1) is 6.58 Å². The molecule has 2 nitrogen and oxygen atoms in total. The zero-order valence-corrected chi connectivity index (χ0v) is 9.61. The van der Waals surface area contributed by atoms with Gasteiger partial charge in [0.25, 0.3) is 0 Å². The van der Waals surface area contributed by atoms with Gasteiger partial charge >= 0.3 is 0 Å². The quantitative estimate of drug-likeness (QED) is 0.582. The molecular formula is C14H19NO. The van der Waals surface area contributed by atoms with E-state index in [-0.39, 0.29) is 5.41 Å². The van der Waals surface area contributed by atoms with Crippen molar-refractivity contribution in [3.8, 4) is 0 Å². The molecule has 0 atom stereocenters. The maximum Gasteiger partial charge on any atom is 0.0586 e. The Bertz CT molecular complexity index is 330. The number of rotatable bonds is 6. The van der Waals surface area contributed by atoms with E-state index in [1.807, 2.05) is 6.08 Å². The van der Waals surface area contributed by atoms with E-state index >= 15 is 0 Å². The number of nitrogens with one attached hydrogen (secondary N) is 1. The van der Waals surface area contributed by atoms with Crippen LogP contribution in [0.5, 0.6) is 0 Å². The predicted octanol–water partition coefficient (Wildman–Crippen LogP) is 2.12. The third-order valence-corrected chi connectivity index (χ3v) is 3.21. The molecule has 1 heterocycles. The van der Waals surface area contributed by atoms with Crippen molar-refractivity contribution < 1.29 is 4.74 Å². The van der Waals surface area contributed by atoms with Gasteiger partial charge in [-0.2, -0.15) is 0 Å². The maximum atomic E-state index is 5.40. The van der Waals surface area contributed by atoms with E-state index in [0.717, 1.165) is 32.7 Å². The third-order valence-electron chi connectivity index (χ3n) is 3.21. The van der Waals surface area contributed by atoms with Gasteiger partial charge in [0, 0.05) is 12.0 Å².